The standard InChI is InChI=1S/C24H12N10.Pt/c1-7-15-27-17(9-1)31-23-19-14(6-4-11-25-19)22(34-23)30-16-8-2-10-18(28-16)32-24-20-13(5-3-12-26-20)21(29-15)33-24;/h1-12H;/q-2;+2. The van der Waals surface area contributed by atoms with Crippen LogP contribution >= 0.6 is 0 Å². The molecule has 0 aliphatic heterocycles. The Morgan fingerprint density at radius 3 is 1.26 bits per heavy atom. The molecule has 0 saturated heterocycles. The Morgan fingerprint density at radius 1 is 0.429 bits per heavy atom. The van der Waals surface area contributed by atoms with Crippen LogP contribution in [0.25, 0.3) is 67.0 Å². The first-order chi connectivity index (χ1) is 16.8. The number of hydrogen-bond acceptors (Lipinski definition) is 8. The fourth-order valence-electron chi connectivity index (χ4n) is 3.79. The van der Waals surface area contributed by atoms with Crippen LogP contribution < -0.4 is 9.97 Å². The number of fused-ring (bicyclic) bond motifs is 14. The molecule has 0 fully saturated rings. The SMILES string of the molecule is [Pt+2].c1cc2nc(c1)nc1[n-]c(nc3cccc(n3)nc3[n-]c(n2)c2cccnc32)c2cccnc12. The Bertz CT molecular complexity index is 1720. The van der Waals surface area contributed by atoms with E-state index in [1.165, 1.54) is 0 Å². The van der Waals surface area contributed by atoms with E-state index in [0.717, 1.165) is 10.8 Å². The molecule has 10 nitrogen and oxygen atoms in total. The number of nitrogens with zero attached hydrogens (tertiary/aromatic N) is 10. The molecular formula is C24H12N10Pt. The van der Waals surface area contributed by atoms with Gasteiger partial charge in [0.15, 0.2) is 0 Å². The van der Waals surface area contributed by atoms with Gasteiger partial charge in [0, 0.05) is 45.8 Å². The van der Waals surface area contributed by atoms with Crippen LogP contribution in [0.3, 0.4) is 0 Å². The van der Waals surface area contributed by atoms with Crippen LogP contribution in [0.5, 0.6) is 0 Å². The zero-order valence-electron chi connectivity index (χ0n) is 17.7. The number of pyridine rings is 4. The van der Waals surface area contributed by atoms with Gasteiger partial charge in [0.05, 0.1) is 33.6 Å². The number of rotatable bonds is 0. The normalized spacial score (nSPS) is 11.2. The number of aromatic nitrogens is 10. The van der Waals surface area contributed by atoms with Crippen LogP contribution in [0.1, 0.15) is 0 Å². The fraction of sp³-hybridized carbons (Fsp3) is 0. The van der Waals surface area contributed by atoms with Gasteiger partial charge in [-0.3, -0.25) is 9.97 Å². The van der Waals surface area contributed by atoms with Crippen molar-refractivity contribution in [3.8, 4) is 0 Å². The van der Waals surface area contributed by atoms with Crippen LogP contribution in [-0.4, -0.2) is 39.9 Å². The smallest absolute Gasteiger partial charge is 0.356 e. The van der Waals surface area contributed by atoms with E-state index in [4.69, 9.17) is 0 Å². The Morgan fingerprint density at radius 2 is 0.829 bits per heavy atom. The Kier molecular flexibility index (Phi) is 5.08. The van der Waals surface area contributed by atoms with Crippen LogP contribution in [0.2, 0.25) is 0 Å². The van der Waals surface area contributed by atoms with E-state index in [0.29, 0.717) is 56.2 Å². The Labute approximate surface area is 210 Å². The third-order valence-electron chi connectivity index (χ3n) is 5.27. The first-order valence-electron chi connectivity index (χ1n) is 10.4. The molecule has 35 heavy (non-hydrogen) atoms. The van der Waals surface area contributed by atoms with Crippen LogP contribution in [-0.2, 0) is 21.1 Å². The summed E-state index contributed by atoms with van der Waals surface area (Å²) in [7, 11) is 0. The maximum atomic E-state index is 4.66. The Hall–Kier alpha value is -4.43. The van der Waals surface area contributed by atoms with Gasteiger partial charge in [-0.1, -0.05) is 24.3 Å². The van der Waals surface area contributed by atoms with Crippen molar-refractivity contribution in [1.82, 2.24) is 49.8 Å². The summed E-state index contributed by atoms with van der Waals surface area (Å²) >= 11 is 0. The second-order valence-corrected chi connectivity index (χ2v) is 7.47. The Balaban J connectivity index is 0.00000229. The number of hydrogen-bond donors (Lipinski definition) is 0. The molecule has 7 aromatic rings. The molecule has 0 atom stereocenters. The summed E-state index contributed by atoms with van der Waals surface area (Å²) in [5.74, 6) is 0. The van der Waals surface area contributed by atoms with E-state index in [1.807, 2.05) is 36.4 Å². The van der Waals surface area contributed by atoms with E-state index in [1.54, 1.807) is 36.7 Å². The van der Waals surface area contributed by atoms with Gasteiger partial charge in [0.2, 0.25) is 0 Å². The molecule has 0 radical (unpaired) electrons. The van der Waals surface area contributed by atoms with Gasteiger partial charge in [0.25, 0.3) is 0 Å². The topological polar surface area (TPSA) is 131 Å². The molecular weight excluding hydrogens is 623 g/mol. The average molecular weight is 636 g/mol. The molecule has 0 saturated carbocycles. The minimum absolute atomic E-state index is 0. The molecule has 0 N–H and O–H groups in total. The predicted molar refractivity (Wildman–Crippen MR) is 127 cm³/mol. The molecule has 168 valence electrons. The van der Waals surface area contributed by atoms with Gasteiger partial charge in [-0.25, -0.2) is 9.97 Å². The van der Waals surface area contributed by atoms with E-state index in [9.17, 15) is 0 Å². The van der Waals surface area contributed by atoms with Gasteiger partial charge >= 0.3 is 21.1 Å². The van der Waals surface area contributed by atoms with Gasteiger partial charge in [-0.2, -0.15) is 0 Å². The summed E-state index contributed by atoms with van der Waals surface area (Å²) in [6, 6.07) is 18.3. The third kappa shape index (κ3) is 3.73. The molecule has 7 rings (SSSR count). The van der Waals surface area contributed by atoms with Crippen molar-refractivity contribution in [1.29, 1.82) is 0 Å². The molecule has 0 unspecified atom stereocenters. The molecule has 0 aliphatic carbocycles. The van der Waals surface area contributed by atoms with E-state index in [-0.39, 0.29) is 21.1 Å². The van der Waals surface area contributed by atoms with Gasteiger partial charge in [-0.15, -0.1) is 0 Å². The average Bonchev–Trinajstić information content (AvgIpc) is 3.37. The maximum Gasteiger partial charge on any atom is 2.00 e. The summed E-state index contributed by atoms with van der Waals surface area (Å²) in [5, 5.41) is 1.54. The van der Waals surface area contributed by atoms with Crippen molar-refractivity contribution in [2.24, 2.45) is 0 Å². The minimum atomic E-state index is 0. The van der Waals surface area contributed by atoms with Crippen LogP contribution in [0.4, 0.5) is 0 Å². The summed E-state index contributed by atoms with van der Waals surface area (Å²) in [6.07, 6.45) is 3.40. The molecule has 7 heterocycles. The van der Waals surface area contributed by atoms with Crippen LogP contribution in [0, 0.1) is 0 Å². The fourth-order valence-corrected chi connectivity index (χ4v) is 3.79. The molecule has 0 spiro atoms. The van der Waals surface area contributed by atoms with E-state index < -0.39 is 0 Å². The molecule has 0 amide bonds. The first kappa shape index (κ1) is 21.1. The third-order valence-corrected chi connectivity index (χ3v) is 5.27. The molecule has 7 aromatic heterocycles. The summed E-state index contributed by atoms with van der Waals surface area (Å²) in [5.41, 5.74) is 4.87. The van der Waals surface area contributed by atoms with Crippen molar-refractivity contribution in [2.45, 2.75) is 0 Å². The molecule has 0 aromatic carbocycles. The summed E-state index contributed by atoms with van der Waals surface area (Å²) in [4.78, 5) is 45.9. The van der Waals surface area contributed by atoms with Crippen molar-refractivity contribution >= 4 is 67.0 Å². The zero-order chi connectivity index (χ0) is 22.5. The van der Waals surface area contributed by atoms with Crippen molar-refractivity contribution in [2.75, 3.05) is 0 Å². The van der Waals surface area contributed by atoms with Crippen molar-refractivity contribution < 1.29 is 21.1 Å². The monoisotopic (exact) mass is 635 g/mol. The largest absolute Gasteiger partial charge is 2.00 e. The van der Waals surface area contributed by atoms with E-state index >= 15 is 0 Å². The first-order valence-corrected chi connectivity index (χ1v) is 10.4. The predicted octanol–water partition coefficient (Wildman–Crippen LogP) is 3.36. The quantitative estimate of drug-likeness (QED) is 0.245. The molecule has 8 bridgehead atoms. The molecule has 0 aliphatic rings. The summed E-state index contributed by atoms with van der Waals surface area (Å²) < 4.78 is 0. The van der Waals surface area contributed by atoms with Crippen LogP contribution in [0.15, 0.2) is 73.1 Å². The maximum absolute atomic E-state index is 4.66. The van der Waals surface area contributed by atoms with Crippen molar-refractivity contribution in [3.63, 3.8) is 0 Å². The second-order valence-electron chi connectivity index (χ2n) is 7.47. The van der Waals surface area contributed by atoms with Crippen molar-refractivity contribution in [3.05, 3.63) is 73.1 Å². The van der Waals surface area contributed by atoms with E-state index in [2.05, 4.69) is 49.8 Å². The molecule has 11 heteroatoms. The van der Waals surface area contributed by atoms with Gasteiger partial charge < -0.3 is 29.9 Å². The zero-order valence-corrected chi connectivity index (χ0v) is 20.0. The van der Waals surface area contributed by atoms with Gasteiger partial charge in [0.1, 0.15) is 0 Å². The minimum Gasteiger partial charge on any atom is -0.356 e. The van der Waals surface area contributed by atoms with Gasteiger partial charge in [-0.05, 0) is 36.4 Å². The second kappa shape index (κ2) is 8.41. The summed E-state index contributed by atoms with van der Waals surface area (Å²) in [6.45, 7) is 0.